The van der Waals surface area contributed by atoms with Crippen LogP contribution in [0.2, 0.25) is 5.02 Å². The summed E-state index contributed by atoms with van der Waals surface area (Å²) in [4.78, 5) is 19.0. The first-order chi connectivity index (χ1) is 11.9. The van der Waals surface area contributed by atoms with Gasteiger partial charge in [0.05, 0.1) is 16.8 Å². The zero-order chi connectivity index (χ0) is 18.0. The average molecular weight is 425 g/mol. The lowest BCUT2D eigenvalue weighted by Crippen LogP contribution is -2.35. The van der Waals surface area contributed by atoms with Gasteiger partial charge in [-0.3, -0.25) is 14.7 Å². The van der Waals surface area contributed by atoms with Crippen molar-refractivity contribution in [2.45, 2.75) is 26.0 Å². The molecule has 3 rings (SSSR count). The second kappa shape index (κ2) is 7.83. The number of anilines is 1. The van der Waals surface area contributed by atoms with Gasteiger partial charge < -0.3 is 10.4 Å². The minimum atomic E-state index is -0.352. The molecular weight excluding hydrogens is 406 g/mol. The smallest absolute Gasteiger partial charge is 0.274 e. The Morgan fingerprint density at radius 3 is 3.04 bits per heavy atom. The van der Waals surface area contributed by atoms with Crippen molar-refractivity contribution in [2.24, 2.45) is 0 Å². The van der Waals surface area contributed by atoms with Gasteiger partial charge >= 0.3 is 0 Å². The van der Waals surface area contributed by atoms with Crippen LogP contribution in [0.4, 0.5) is 5.69 Å². The summed E-state index contributed by atoms with van der Waals surface area (Å²) in [5.74, 6) is -0.283. The molecule has 1 aliphatic heterocycles. The number of aliphatic hydroxyl groups is 1. The molecule has 0 saturated carbocycles. The predicted molar refractivity (Wildman–Crippen MR) is 102 cm³/mol. The molecule has 132 valence electrons. The number of β-amino-alcohol motifs (C(OH)–C–C–N with tert-alkyl or cyclic N) is 1. The van der Waals surface area contributed by atoms with Gasteiger partial charge in [-0.05, 0) is 58.6 Å². The summed E-state index contributed by atoms with van der Waals surface area (Å²) in [5, 5.41) is 12.8. The molecule has 1 aliphatic rings. The number of hydrogen-bond donors (Lipinski definition) is 2. The minimum absolute atomic E-state index is 0.283. The first kappa shape index (κ1) is 18.3. The first-order valence-electron chi connectivity index (χ1n) is 8.07. The van der Waals surface area contributed by atoms with Crippen LogP contribution in [-0.2, 0) is 13.0 Å². The van der Waals surface area contributed by atoms with Gasteiger partial charge in [0.2, 0.25) is 0 Å². The van der Waals surface area contributed by atoms with Crippen molar-refractivity contribution in [3.63, 3.8) is 0 Å². The molecule has 0 aliphatic carbocycles. The van der Waals surface area contributed by atoms with Crippen LogP contribution in [-0.4, -0.2) is 40.1 Å². The second-order valence-corrected chi connectivity index (χ2v) is 7.46. The molecule has 0 fully saturated rings. The number of hydrogen-bond acceptors (Lipinski definition) is 4. The Kier molecular flexibility index (Phi) is 5.74. The number of rotatable bonds is 4. The number of aliphatic hydroxyl groups excluding tert-OH is 1. The summed E-state index contributed by atoms with van der Waals surface area (Å²) in [7, 11) is 0. The largest absolute Gasteiger partial charge is 0.392 e. The summed E-state index contributed by atoms with van der Waals surface area (Å²) in [6, 6.07) is 7.21. The van der Waals surface area contributed by atoms with Crippen molar-refractivity contribution >= 4 is 39.1 Å². The fourth-order valence-electron chi connectivity index (χ4n) is 2.94. The molecule has 0 saturated heterocycles. The van der Waals surface area contributed by atoms with Crippen molar-refractivity contribution in [1.29, 1.82) is 0 Å². The Morgan fingerprint density at radius 2 is 2.28 bits per heavy atom. The standard InChI is InChI=1S/C18H19BrClN3O2/c1-11(24)9-23-6-5-12-7-16(21-8-13(12)10-23)18(25)22-15-4-2-3-14(19)17(15)20/h2-4,7-8,11,24H,5-6,9-10H2,1H3,(H,22,25)/t11-/m1/s1. The molecule has 1 aromatic heterocycles. The summed E-state index contributed by atoms with van der Waals surface area (Å²) in [6.45, 7) is 4.03. The van der Waals surface area contributed by atoms with Crippen molar-refractivity contribution in [3.8, 4) is 0 Å². The Balaban J connectivity index is 1.74. The first-order valence-corrected chi connectivity index (χ1v) is 9.24. The maximum Gasteiger partial charge on any atom is 0.274 e. The molecule has 2 N–H and O–H groups in total. The number of nitrogens with zero attached hydrogens (tertiary/aromatic N) is 2. The Morgan fingerprint density at radius 1 is 1.48 bits per heavy atom. The van der Waals surface area contributed by atoms with Crippen molar-refractivity contribution in [1.82, 2.24) is 9.88 Å². The lowest BCUT2D eigenvalue weighted by atomic mass is 10.0. The molecule has 2 heterocycles. The number of amides is 1. The minimum Gasteiger partial charge on any atom is -0.392 e. The Bertz CT molecular complexity index is 798. The number of nitrogens with one attached hydrogen (secondary N) is 1. The van der Waals surface area contributed by atoms with Crippen LogP contribution in [0.15, 0.2) is 34.9 Å². The molecule has 2 aromatic rings. The molecule has 0 bridgehead atoms. The van der Waals surface area contributed by atoms with E-state index < -0.39 is 0 Å². The third-order valence-electron chi connectivity index (χ3n) is 4.13. The number of fused-ring (bicyclic) bond motifs is 1. The van der Waals surface area contributed by atoms with Crippen molar-refractivity contribution < 1.29 is 9.90 Å². The molecule has 25 heavy (non-hydrogen) atoms. The van der Waals surface area contributed by atoms with Crippen LogP contribution < -0.4 is 5.32 Å². The quantitative estimate of drug-likeness (QED) is 0.788. The molecule has 1 aromatic carbocycles. The number of carbonyl (C=O) groups is 1. The molecule has 0 unspecified atom stereocenters. The third kappa shape index (κ3) is 4.39. The fourth-order valence-corrected chi connectivity index (χ4v) is 3.48. The van der Waals surface area contributed by atoms with Crippen LogP contribution in [0.25, 0.3) is 0 Å². The van der Waals surface area contributed by atoms with Gasteiger partial charge in [-0.2, -0.15) is 0 Å². The number of pyridine rings is 1. The topological polar surface area (TPSA) is 65.5 Å². The number of aromatic nitrogens is 1. The summed E-state index contributed by atoms with van der Waals surface area (Å²) >= 11 is 9.53. The predicted octanol–water partition coefficient (Wildman–Crippen LogP) is 3.49. The van der Waals surface area contributed by atoms with E-state index >= 15 is 0 Å². The molecule has 1 atom stereocenters. The van der Waals surface area contributed by atoms with E-state index in [0.29, 0.717) is 22.9 Å². The van der Waals surface area contributed by atoms with Gasteiger partial charge in [-0.1, -0.05) is 17.7 Å². The van der Waals surface area contributed by atoms with E-state index in [4.69, 9.17) is 11.6 Å². The van der Waals surface area contributed by atoms with Crippen LogP contribution in [0.3, 0.4) is 0 Å². The molecule has 0 spiro atoms. The van der Waals surface area contributed by atoms with Crippen molar-refractivity contribution in [2.75, 3.05) is 18.4 Å². The van der Waals surface area contributed by atoms with Crippen LogP contribution >= 0.6 is 27.5 Å². The van der Waals surface area contributed by atoms with Gasteiger partial charge in [0, 0.05) is 30.3 Å². The fraction of sp³-hybridized carbons (Fsp3) is 0.333. The highest BCUT2D eigenvalue weighted by Crippen LogP contribution is 2.30. The molecular formula is C18H19BrClN3O2. The van der Waals surface area contributed by atoms with Crippen LogP contribution in [0, 0.1) is 0 Å². The van der Waals surface area contributed by atoms with Gasteiger partial charge in [0.25, 0.3) is 5.91 Å². The zero-order valence-corrected chi connectivity index (χ0v) is 16.1. The molecule has 0 radical (unpaired) electrons. The lowest BCUT2D eigenvalue weighted by Gasteiger charge is -2.29. The van der Waals surface area contributed by atoms with Gasteiger partial charge in [-0.25, -0.2) is 0 Å². The summed E-state index contributed by atoms with van der Waals surface area (Å²) in [6.07, 6.45) is 2.23. The maximum atomic E-state index is 12.5. The zero-order valence-electron chi connectivity index (χ0n) is 13.8. The summed E-state index contributed by atoms with van der Waals surface area (Å²) < 4.78 is 0.726. The SMILES string of the molecule is C[C@@H](O)CN1CCc2cc(C(=O)Nc3cccc(Br)c3Cl)ncc2C1. The van der Waals surface area contributed by atoms with E-state index in [0.717, 1.165) is 35.1 Å². The van der Waals surface area contributed by atoms with E-state index in [1.807, 2.05) is 18.2 Å². The van der Waals surface area contributed by atoms with E-state index in [9.17, 15) is 9.90 Å². The number of carbonyl (C=O) groups excluding carboxylic acids is 1. The monoisotopic (exact) mass is 423 g/mol. The van der Waals surface area contributed by atoms with E-state index in [1.165, 1.54) is 0 Å². The van der Waals surface area contributed by atoms with E-state index in [-0.39, 0.29) is 12.0 Å². The van der Waals surface area contributed by atoms with Crippen molar-refractivity contribution in [3.05, 3.63) is 56.8 Å². The van der Waals surface area contributed by atoms with E-state index in [2.05, 4.69) is 31.1 Å². The van der Waals surface area contributed by atoms with Gasteiger partial charge in [0.1, 0.15) is 5.69 Å². The normalized spacial score (nSPS) is 15.5. The highest BCUT2D eigenvalue weighted by molar-refractivity contribution is 9.10. The number of benzene rings is 1. The molecule has 5 nitrogen and oxygen atoms in total. The number of halogens is 2. The highest BCUT2D eigenvalue weighted by atomic mass is 79.9. The lowest BCUT2D eigenvalue weighted by molar-refractivity contribution is 0.102. The Hall–Kier alpha value is -1.47. The van der Waals surface area contributed by atoms with Gasteiger partial charge in [-0.15, -0.1) is 0 Å². The highest BCUT2D eigenvalue weighted by Gasteiger charge is 2.20. The molecule has 7 heteroatoms. The van der Waals surface area contributed by atoms with Crippen LogP contribution in [0.1, 0.15) is 28.5 Å². The Labute approximate surface area is 160 Å². The average Bonchev–Trinajstić information content (AvgIpc) is 2.58. The van der Waals surface area contributed by atoms with Gasteiger partial charge in [0.15, 0.2) is 0 Å². The van der Waals surface area contributed by atoms with E-state index in [1.54, 1.807) is 19.2 Å². The van der Waals surface area contributed by atoms with Crippen LogP contribution in [0.5, 0.6) is 0 Å². The second-order valence-electron chi connectivity index (χ2n) is 6.23. The summed E-state index contributed by atoms with van der Waals surface area (Å²) in [5.41, 5.74) is 3.15. The third-order valence-corrected chi connectivity index (χ3v) is 5.43. The maximum absolute atomic E-state index is 12.5. The molecule has 1 amide bonds.